The summed E-state index contributed by atoms with van der Waals surface area (Å²) in [5.74, 6) is -0.646. The smallest absolute Gasteiger partial charge is 0.254 e. The van der Waals surface area contributed by atoms with Crippen LogP contribution in [-0.4, -0.2) is 42.0 Å². The third kappa shape index (κ3) is 4.71. The van der Waals surface area contributed by atoms with Gasteiger partial charge in [0.25, 0.3) is 5.91 Å². The lowest BCUT2D eigenvalue weighted by Crippen LogP contribution is -2.55. The molecule has 142 valence electrons. The van der Waals surface area contributed by atoms with E-state index in [1.165, 1.54) is 12.1 Å². The van der Waals surface area contributed by atoms with Gasteiger partial charge in [-0.25, -0.2) is 4.39 Å². The SMILES string of the molecule is CC1(C)COCCN1C(=O)c1cccc(NC(=O)Cc2ccc(F)cc2)c1. The molecule has 1 aliphatic rings. The summed E-state index contributed by atoms with van der Waals surface area (Å²) in [6, 6.07) is 12.7. The molecule has 0 radical (unpaired) electrons. The second-order valence-electron chi connectivity index (χ2n) is 7.25. The van der Waals surface area contributed by atoms with Crippen molar-refractivity contribution >= 4 is 17.5 Å². The van der Waals surface area contributed by atoms with Crippen molar-refractivity contribution < 1.29 is 18.7 Å². The molecular formula is C21H23FN2O3. The van der Waals surface area contributed by atoms with Crippen molar-refractivity contribution in [1.29, 1.82) is 0 Å². The lowest BCUT2D eigenvalue weighted by atomic mass is 10.0. The van der Waals surface area contributed by atoms with E-state index in [1.807, 2.05) is 13.8 Å². The van der Waals surface area contributed by atoms with Gasteiger partial charge in [-0.2, -0.15) is 0 Å². The van der Waals surface area contributed by atoms with E-state index < -0.39 is 0 Å². The molecule has 0 atom stereocenters. The van der Waals surface area contributed by atoms with Gasteiger partial charge in [-0.15, -0.1) is 0 Å². The van der Waals surface area contributed by atoms with Gasteiger partial charge in [0.1, 0.15) is 5.82 Å². The van der Waals surface area contributed by atoms with Crippen molar-refractivity contribution in [2.75, 3.05) is 25.1 Å². The lowest BCUT2D eigenvalue weighted by molar-refractivity contribution is -0.115. The van der Waals surface area contributed by atoms with Crippen molar-refractivity contribution in [2.45, 2.75) is 25.8 Å². The second-order valence-corrected chi connectivity index (χ2v) is 7.25. The van der Waals surface area contributed by atoms with Gasteiger partial charge in [-0.05, 0) is 49.7 Å². The molecule has 27 heavy (non-hydrogen) atoms. The van der Waals surface area contributed by atoms with E-state index in [1.54, 1.807) is 41.3 Å². The van der Waals surface area contributed by atoms with Crippen molar-refractivity contribution in [3.8, 4) is 0 Å². The number of benzene rings is 2. The Balaban J connectivity index is 1.68. The molecule has 0 aliphatic carbocycles. The third-order valence-electron chi connectivity index (χ3n) is 4.56. The number of carbonyl (C=O) groups is 2. The van der Waals surface area contributed by atoms with Crippen LogP contribution in [0.25, 0.3) is 0 Å². The maximum Gasteiger partial charge on any atom is 0.254 e. The van der Waals surface area contributed by atoms with Gasteiger partial charge in [-0.1, -0.05) is 18.2 Å². The molecule has 0 spiro atoms. The molecule has 0 unspecified atom stereocenters. The molecule has 0 saturated carbocycles. The predicted octanol–water partition coefficient (Wildman–Crippen LogP) is 3.26. The second kappa shape index (κ2) is 7.88. The Hall–Kier alpha value is -2.73. The molecule has 1 aliphatic heterocycles. The monoisotopic (exact) mass is 370 g/mol. The molecule has 0 aromatic heterocycles. The minimum Gasteiger partial charge on any atom is -0.377 e. The number of hydrogen-bond donors (Lipinski definition) is 1. The third-order valence-corrected chi connectivity index (χ3v) is 4.56. The topological polar surface area (TPSA) is 58.6 Å². The number of carbonyl (C=O) groups excluding carboxylic acids is 2. The van der Waals surface area contributed by atoms with Crippen LogP contribution in [0.2, 0.25) is 0 Å². The Morgan fingerprint density at radius 3 is 2.63 bits per heavy atom. The molecule has 5 nitrogen and oxygen atoms in total. The number of morpholine rings is 1. The molecule has 1 fully saturated rings. The van der Waals surface area contributed by atoms with Crippen LogP contribution in [0.3, 0.4) is 0 Å². The van der Waals surface area contributed by atoms with E-state index in [-0.39, 0.29) is 29.6 Å². The highest BCUT2D eigenvalue weighted by Gasteiger charge is 2.34. The van der Waals surface area contributed by atoms with Gasteiger partial charge >= 0.3 is 0 Å². The maximum atomic E-state index is 13.0. The number of nitrogens with one attached hydrogen (secondary N) is 1. The Bertz CT molecular complexity index is 834. The highest BCUT2D eigenvalue weighted by molar-refractivity contribution is 5.98. The molecular weight excluding hydrogens is 347 g/mol. The van der Waals surface area contributed by atoms with Gasteiger partial charge in [0.05, 0.1) is 25.2 Å². The number of anilines is 1. The van der Waals surface area contributed by atoms with E-state index in [9.17, 15) is 14.0 Å². The molecule has 6 heteroatoms. The lowest BCUT2D eigenvalue weighted by Gasteiger charge is -2.42. The van der Waals surface area contributed by atoms with E-state index in [0.29, 0.717) is 31.0 Å². The van der Waals surface area contributed by atoms with Crippen LogP contribution in [0.15, 0.2) is 48.5 Å². The Morgan fingerprint density at radius 1 is 1.19 bits per heavy atom. The zero-order valence-corrected chi connectivity index (χ0v) is 15.5. The van der Waals surface area contributed by atoms with Crippen molar-refractivity contribution in [1.82, 2.24) is 4.90 Å². The first-order valence-corrected chi connectivity index (χ1v) is 8.89. The first-order valence-electron chi connectivity index (χ1n) is 8.89. The van der Waals surface area contributed by atoms with E-state index >= 15 is 0 Å². The zero-order chi connectivity index (χ0) is 19.4. The molecule has 2 amide bonds. The molecule has 2 aromatic carbocycles. The van der Waals surface area contributed by atoms with Crippen LogP contribution in [0, 0.1) is 5.82 Å². The minimum absolute atomic E-state index is 0.0852. The molecule has 2 aromatic rings. The first kappa shape index (κ1) is 19.0. The van der Waals surface area contributed by atoms with Gasteiger partial charge in [-0.3, -0.25) is 9.59 Å². The Labute approximate surface area is 158 Å². The summed E-state index contributed by atoms with van der Waals surface area (Å²) in [6.45, 7) is 5.49. The summed E-state index contributed by atoms with van der Waals surface area (Å²) in [6.07, 6.45) is 0.134. The zero-order valence-electron chi connectivity index (χ0n) is 15.5. The van der Waals surface area contributed by atoms with Crippen LogP contribution in [0.1, 0.15) is 29.8 Å². The summed E-state index contributed by atoms with van der Waals surface area (Å²) in [5, 5.41) is 2.80. The number of amides is 2. The van der Waals surface area contributed by atoms with Crippen molar-refractivity contribution in [3.63, 3.8) is 0 Å². The standard InChI is InChI=1S/C21H23FN2O3/c1-21(2)14-27-11-10-24(21)20(26)16-4-3-5-18(13-16)23-19(25)12-15-6-8-17(22)9-7-15/h3-9,13H,10-12,14H2,1-2H3,(H,23,25). The summed E-state index contributed by atoms with van der Waals surface area (Å²) in [4.78, 5) is 26.9. The van der Waals surface area contributed by atoms with E-state index in [4.69, 9.17) is 4.74 Å². The van der Waals surface area contributed by atoms with Crippen LogP contribution in [0.4, 0.5) is 10.1 Å². The minimum atomic E-state index is -0.378. The summed E-state index contributed by atoms with van der Waals surface area (Å²) < 4.78 is 18.4. The Kier molecular flexibility index (Phi) is 5.56. The number of nitrogens with zero attached hydrogens (tertiary/aromatic N) is 1. The average Bonchev–Trinajstić information content (AvgIpc) is 2.63. The van der Waals surface area contributed by atoms with Gasteiger partial charge < -0.3 is 15.0 Å². The van der Waals surface area contributed by atoms with Gasteiger partial charge in [0.15, 0.2) is 0 Å². The molecule has 0 bridgehead atoms. The summed E-state index contributed by atoms with van der Waals surface area (Å²) in [5.41, 5.74) is 1.41. The Morgan fingerprint density at radius 2 is 1.93 bits per heavy atom. The summed E-state index contributed by atoms with van der Waals surface area (Å²) >= 11 is 0. The van der Waals surface area contributed by atoms with E-state index in [2.05, 4.69) is 5.32 Å². The van der Waals surface area contributed by atoms with Crippen LogP contribution >= 0.6 is 0 Å². The first-order chi connectivity index (χ1) is 12.8. The predicted molar refractivity (Wildman–Crippen MR) is 101 cm³/mol. The van der Waals surface area contributed by atoms with Crippen LogP contribution in [-0.2, 0) is 16.0 Å². The van der Waals surface area contributed by atoms with Gasteiger partial charge in [0.2, 0.25) is 5.91 Å². The number of ether oxygens (including phenoxy) is 1. The fourth-order valence-corrected chi connectivity index (χ4v) is 3.11. The molecule has 1 saturated heterocycles. The molecule has 3 rings (SSSR count). The number of hydrogen-bond acceptors (Lipinski definition) is 3. The summed E-state index contributed by atoms with van der Waals surface area (Å²) in [7, 11) is 0. The normalized spacial score (nSPS) is 16.0. The highest BCUT2D eigenvalue weighted by atomic mass is 19.1. The fourth-order valence-electron chi connectivity index (χ4n) is 3.11. The van der Waals surface area contributed by atoms with Crippen molar-refractivity contribution in [2.24, 2.45) is 0 Å². The van der Waals surface area contributed by atoms with Crippen LogP contribution in [0.5, 0.6) is 0 Å². The molecule has 1 N–H and O–H groups in total. The fraction of sp³-hybridized carbons (Fsp3) is 0.333. The number of halogens is 1. The average molecular weight is 370 g/mol. The molecule has 1 heterocycles. The largest absolute Gasteiger partial charge is 0.377 e. The van der Waals surface area contributed by atoms with Crippen LogP contribution < -0.4 is 5.32 Å². The number of rotatable bonds is 4. The maximum absolute atomic E-state index is 13.0. The quantitative estimate of drug-likeness (QED) is 0.899. The highest BCUT2D eigenvalue weighted by Crippen LogP contribution is 2.23. The van der Waals surface area contributed by atoms with Crippen molar-refractivity contribution in [3.05, 3.63) is 65.5 Å². The van der Waals surface area contributed by atoms with Gasteiger partial charge in [0, 0.05) is 17.8 Å². The van der Waals surface area contributed by atoms with E-state index in [0.717, 1.165) is 5.56 Å².